The number of piperidine rings is 1. The molecule has 0 atom stereocenters. The number of ether oxygens (including phenoxy) is 1. The number of carbonyl (C=O) groups is 1. The van der Waals surface area contributed by atoms with Crippen LogP contribution in [-0.2, 0) is 4.74 Å². The minimum absolute atomic E-state index is 0.119. The number of terminal acetylenes is 1. The Kier molecular flexibility index (Phi) is 5.85. The molecule has 1 fully saturated rings. The third-order valence-corrected chi connectivity index (χ3v) is 4.07. The van der Waals surface area contributed by atoms with E-state index in [0.29, 0.717) is 19.1 Å². The van der Waals surface area contributed by atoms with Crippen molar-refractivity contribution in [3.05, 3.63) is 29.8 Å². The fourth-order valence-corrected chi connectivity index (χ4v) is 2.67. The normalized spacial score (nSPS) is 15.4. The fraction of sp³-hybridized carbons (Fsp3) is 0.500. The number of anilines is 1. The Morgan fingerprint density at radius 3 is 2.50 bits per heavy atom. The summed E-state index contributed by atoms with van der Waals surface area (Å²) >= 11 is 0. The molecule has 1 amide bonds. The van der Waals surface area contributed by atoms with Crippen LogP contribution in [0.3, 0.4) is 0 Å². The summed E-state index contributed by atoms with van der Waals surface area (Å²) in [6.45, 7) is 2.65. The Labute approximate surface area is 133 Å². The van der Waals surface area contributed by atoms with E-state index in [-0.39, 0.29) is 5.91 Å². The average Bonchev–Trinajstić information content (AvgIpc) is 2.55. The lowest BCUT2D eigenvalue weighted by atomic mass is 9.97. The third-order valence-electron chi connectivity index (χ3n) is 4.07. The predicted molar refractivity (Wildman–Crippen MR) is 89.0 cm³/mol. The Morgan fingerprint density at radius 1 is 1.32 bits per heavy atom. The molecular formula is C18H24N2O2. The van der Waals surface area contributed by atoms with Gasteiger partial charge in [-0.15, -0.1) is 6.42 Å². The van der Waals surface area contributed by atoms with Gasteiger partial charge in [0, 0.05) is 38.4 Å². The van der Waals surface area contributed by atoms with Gasteiger partial charge in [0.25, 0.3) is 5.91 Å². The van der Waals surface area contributed by atoms with Gasteiger partial charge in [-0.25, -0.2) is 0 Å². The van der Waals surface area contributed by atoms with Crippen LogP contribution in [0.2, 0.25) is 0 Å². The largest absolute Gasteiger partial charge is 0.378 e. The number of likely N-dealkylation sites (tertiary alicyclic amines) is 1. The summed E-state index contributed by atoms with van der Waals surface area (Å²) in [6.07, 6.45) is 7.13. The average molecular weight is 300 g/mol. The van der Waals surface area contributed by atoms with Crippen LogP contribution in [0.15, 0.2) is 24.3 Å². The molecule has 0 radical (unpaired) electrons. The highest BCUT2D eigenvalue weighted by Crippen LogP contribution is 2.20. The lowest BCUT2D eigenvalue weighted by Gasteiger charge is -2.32. The first kappa shape index (κ1) is 16.4. The highest BCUT2D eigenvalue weighted by atomic mass is 16.5. The molecule has 0 unspecified atom stereocenters. The van der Waals surface area contributed by atoms with Gasteiger partial charge in [0.15, 0.2) is 0 Å². The van der Waals surface area contributed by atoms with Crippen molar-refractivity contribution in [3.63, 3.8) is 0 Å². The number of hydrogen-bond acceptors (Lipinski definition) is 3. The van der Waals surface area contributed by atoms with Gasteiger partial charge in [0.05, 0.1) is 6.61 Å². The van der Waals surface area contributed by atoms with Crippen LogP contribution in [0.4, 0.5) is 5.69 Å². The van der Waals surface area contributed by atoms with Gasteiger partial charge in [-0.1, -0.05) is 5.92 Å². The van der Waals surface area contributed by atoms with E-state index in [1.807, 2.05) is 48.2 Å². The van der Waals surface area contributed by atoms with E-state index >= 15 is 0 Å². The van der Waals surface area contributed by atoms with Crippen LogP contribution >= 0.6 is 0 Å². The highest BCUT2D eigenvalue weighted by Gasteiger charge is 2.23. The Hall–Kier alpha value is -1.99. The van der Waals surface area contributed by atoms with E-state index in [1.165, 1.54) is 0 Å². The van der Waals surface area contributed by atoms with Crippen molar-refractivity contribution in [2.45, 2.75) is 12.8 Å². The fourth-order valence-electron chi connectivity index (χ4n) is 2.67. The molecule has 1 saturated heterocycles. The minimum atomic E-state index is 0.119. The first-order chi connectivity index (χ1) is 10.6. The molecule has 118 valence electrons. The zero-order valence-electron chi connectivity index (χ0n) is 13.4. The van der Waals surface area contributed by atoms with Crippen molar-refractivity contribution >= 4 is 11.6 Å². The van der Waals surface area contributed by atoms with Gasteiger partial charge in [-0.3, -0.25) is 4.79 Å². The molecule has 0 aliphatic carbocycles. The van der Waals surface area contributed by atoms with Crippen LogP contribution < -0.4 is 4.90 Å². The third kappa shape index (κ3) is 4.25. The van der Waals surface area contributed by atoms with Gasteiger partial charge < -0.3 is 14.5 Å². The van der Waals surface area contributed by atoms with Crippen molar-refractivity contribution in [1.82, 2.24) is 4.90 Å². The number of amides is 1. The van der Waals surface area contributed by atoms with E-state index in [9.17, 15) is 4.79 Å². The van der Waals surface area contributed by atoms with Crippen molar-refractivity contribution < 1.29 is 9.53 Å². The predicted octanol–water partition coefficient (Wildman–Crippen LogP) is 2.25. The van der Waals surface area contributed by atoms with Gasteiger partial charge >= 0.3 is 0 Å². The zero-order chi connectivity index (χ0) is 15.9. The second-order valence-electron chi connectivity index (χ2n) is 5.90. The van der Waals surface area contributed by atoms with E-state index < -0.39 is 0 Å². The molecule has 0 saturated carbocycles. The van der Waals surface area contributed by atoms with Gasteiger partial charge in [-0.2, -0.15) is 0 Å². The quantitative estimate of drug-likeness (QED) is 0.618. The highest BCUT2D eigenvalue weighted by molar-refractivity contribution is 5.94. The summed E-state index contributed by atoms with van der Waals surface area (Å²) in [5, 5.41) is 0. The van der Waals surface area contributed by atoms with Crippen LogP contribution in [-0.4, -0.2) is 51.2 Å². The second kappa shape index (κ2) is 7.86. The Balaban J connectivity index is 1.85. The summed E-state index contributed by atoms with van der Waals surface area (Å²) in [7, 11) is 3.98. The number of rotatable bonds is 5. The van der Waals surface area contributed by atoms with Gasteiger partial charge in [0.1, 0.15) is 6.61 Å². The van der Waals surface area contributed by atoms with Crippen LogP contribution in [0.1, 0.15) is 23.2 Å². The van der Waals surface area contributed by atoms with E-state index in [2.05, 4.69) is 5.92 Å². The Morgan fingerprint density at radius 2 is 1.95 bits per heavy atom. The summed E-state index contributed by atoms with van der Waals surface area (Å²) in [5.74, 6) is 3.10. The van der Waals surface area contributed by atoms with Crippen LogP contribution in [0.25, 0.3) is 0 Å². The first-order valence-corrected chi connectivity index (χ1v) is 7.69. The maximum atomic E-state index is 12.5. The van der Waals surface area contributed by atoms with Crippen molar-refractivity contribution in [1.29, 1.82) is 0 Å². The van der Waals surface area contributed by atoms with Crippen LogP contribution in [0.5, 0.6) is 0 Å². The molecule has 4 heteroatoms. The van der Waals surface area contributed by atoms with Crippen LogP contribution in [0, 0.1) is 18.3 Å². The monoisotopic (exact) mass is 300 g/mol. The molecule has 0 spiro atoms. The number of carbonyl (C=O) groups excluding carboxylic acids is 1. The summed E-state index contributed by atoms with van der Waals surface area (Å²) < 4.78 is 5.39. The summed E-state index contributed by atoms with van der Waals surface area (Å²) in [4.78, 5) is 16.5. The molecule has 1 aromatic carbocycles. The number of nitrogens with zero attached hydrogens (tertiary/aromatic N) is 2. The Bertz CT molecular complexity index is 523. The smallest absolute Gasteiger partial charge is 0.253 e. The standard InChI is InChI=1S/C18H24N2O2/c1-4-13-22-14-15-9-11-20(12-10-15)18(21)16-5-7-17(8-6-16)19(2)3/h1,5-8,15H,9-14H2,2-3H3. The SMILES string of the molecule is C#CCOCC1CCN(C(=O)c2ccc(N(C)C)cc2)CC1. The molecule has 4 nitrogen and oxygen atoms in total. The summed E-state index contributed by atoms with van der Waals surface area (Å²) in [6, 6.07) is 7.76. The van der Waals surface area contributed by atoms with E-state index in [0.717, 1.165) is 37.2 Å². The lowest BCUT2D eigenvalue weighted by molar-refractivity contribution is 0.0582. The molecule has 1 aliphatic rings. The maximum absolute atomic E-state index is 12.5. The molecule has 1 aromatic rings. The van der Waals surface area contributed by atoms with Gasteiger partial charge in [-0.05, 0) is 43.0 Å². The van der Waals surface area contributed by atoms with Crippen molar-refractivity contribution in [2.75, 3.05) is 45.3 Å². The van der Waals surface area contributed by atoms with Crippen molar-refractivity contribution in [2.24, 2.45) is 5.92 Å². The lowest BCUT2D eigenvalue weighted by Crippen LogP contribution is -2.39. The molecule has 22 heavy (non-hydrogen) atoms. The molecule has 1 heterocycles. The molecule has 1 aliphatic heterocycles. The zero-order valence-corrected chi connectivity index (χ0v) is 13.4. The molecule has 2 rings (SSSR count). The minimum Gasteiger partial charge on any atom is -0.378 e. The van der Waals surface area contributed by atoms with Gasteiger partial charge in [0.2, 0.25) is 0 Å². The maximum Gasteiger partial charge on any atom is 0.253 e. The molecule has 0 bridgehead atoms. The second-order valence-corrected chi connectivity index (χ2v) is 5.90. The first-order valence-electron chi connectivity index (χ1n) is 7.69. The topological polar surface area (TPSA) is 32.8 Å². The number of benzene rings is 1. The van der Waals surface area contributed by atoms with E-state index in [1.54, 1.807) is 0 Å². The summed E-state index contributed by atoms with van der Waals surface area (Å²) in [5.41, 5.74) is 1.86. The molecular weight excluding hydrogens is 276 g/mol. The molecule has 0 aromatic heterocycles. The van der Waals surface area contributed by atoms with E-state index in [4.69, 9.17) is 11.2 Å². The number of hydrogen-bond donors (Lipinski definition) is 0. The molecule has 0 N–H and O–H groups in total. The van der Waals surface area contributed by atoms with Crippen molar-refractivity contribution in [3.8, 4) is 12.3 Å².